The molecule has 0 saturated heterocycles. The second-order valence-electron chi connectivity index (χ2n) is 4.61. The van der Waals surface area contributed by atoms with Crippen molar-refractivity contribution in [1.82, 2.24) is 0 Å². The Morgan fingerprint density at radius 3 is 0.913 bits per heavy atom. The molecule has 0 heterocycles. The van der Waals surface area contributed by atoms with Gasteiger partial charge in [-0.2, -0.15) is 0 Å². The minimum atomic E-state index is -1.04. The van der Waals surface area contributed by atoms with Crippen LogP contribution in [0.4, 0.5) is 0 Å². The Bertz CT molecular complexity index is 582. The molecule has 3 aromatic carbocycles. The van der Waals surface area contributed by atoms with Crippen LogP contribution in [0.3, 0.4) is 0 Å². The van der Waals surface area contributed by atoms with Gasteiger partial charge in [0.15, 0.2) is 0 Å². The summed E-state index contributed by atoms with van der Waals surface area (Å²) in [6, 6.07) is 32.5. The summed E-state index contributed by atoms with van der Waals surface area (Å²) in [5.74, 6) is 0. The molecule has 23 heavy (non-hydrogen) atoms. The predicted octanol–water partition coefficient (Wildman–Crippen LogP) is 5.24. The summed E-state index contributed by atoms with van der Waals surface area (Å²) >= 11 is 0. The molecule has 3 aromatic rings. The largest absolute Gasteiger partial charge is 0.102 e. The first-order valence-electron chi connectivity index (χ1n) is 6.84. The van der Waals surface area contributed by atoms with Crippen LogP contribution in [0, 0.1) is 0 Å². The van der Waals surface area contributed by atoms with Gasteiger partial charge in [0, 0.05) is 0 Å². The van der Waals surface area contributed by atoms with Gasteiger partial charge < -0.3 is 0 Å². The molecule has 3 rings (SSSR count). The Morgan fingerprint density at radius 1 is 0.478 bits per heavy atom. The van der Waals surface area contributed by atoms with Crippen LogP contribution in [0.2, 0.25) is 0 Å². The van der Waals surface area contributed by atoms with Crippen LogP contribution in [-0.4, -0.2) is 0 Å². The molecule has 0 N–H and O–H groups in total. The van der Waals surface area contributed by atoms with Gasteiger partial charge in [-0.25, -0.2) is 0 Å². The molecule has 0 amide bonds. The fourth-order valence-corrected chi connectivity index (χ4v) is 4.89. The van der Waals surface area contributed by atoms with E-state index in [1.54, 1.807) is 0 Å². The van der Waals surface area contributed by atoms with Crippen molar-refractivity contribution >= 4 is 54.4 Å². The van der Waals surface area contributed by atoms with Crippen LogP contribution in [0.15, 0.2) is 91.0 Å². The van der Waals surface area contributed by atoms with E-state index in [2.05, 4.69) is 91.0 Å². The molecule has 0 atom stereocenters. The van der Waals surface area contributed by atoms with E-state index < -0.39 is 18.7 Å². The van der Waals surface area contributed by atoms with Gasteiger partial charge in [-0.05, 0) is 36.4 Å². The van der Waals surface area contributed by atoms with Crippen molar-refractivity contribution in [2.75, 3.05) is 0 Å². The summed E-state index contributed by atoms with van der Waals surface area (Å²) in [4.78, 5) is 0. The third-order valence-corrected chi connectivity index (χ3v) is 5.92. The molecule has 0 aliphatic heterocycles. The molecule has 0 aliphatic carbocycles. The molecule has 124 valence electrons. The number of rotatable bonds is 3. The van der Waals surface area contributed by atoms with Gasteiger partial charge in [-0.15, -0.1) is 0 Å². The van der Waals surface area contributed by atoms with Crippen LogP contribution < -0.4 is 15.9 Å². The van der Waals surface area contributed by atoms with Gasteiger partial charge in [0.1, 0.15) is 15.9 Å². The zero-order chi connectivity index (χ0) is 16.5. The van der Waals surface area contributed by atoms with E-state index >= 15 is 0 Å². The van der Waals surface area contributed by atoms with Crippen molar-refractivity contribution in [1.29, 1.82) is 0 Å². The smallest absolute Gasteiger partial charge is 0.0620 e. The summed E-state index contributed by atoms with van der Waals surface area (Å²) in [5.41, 5.74) is 0. The fourth-order valence-electron chi connectivity index (χ4n) is 2.31. The molecule has 0 nitrogen and oxygen atoms in total. The third-order valence-electron chi connectivity index (χ3n) is 3.19. The molecule has 0 aromatic heterocycles. The van der Waals surface area contributed by atoms with E-state index in [1.807, 2.05) is 0 Å². The molecular formula is C18H16Cl3NiP. The first kappa shape index (κ1) is 18.8. The second-order valence-corrected chi connectivity index (χ2v) is 12.0. The van der Waals surface area contributed by atoms with Crippen molar-refractivity contribution < 1.29 is 10.7 Å². The van der Waals surface area contributed by atoms with Crippen molar-refractivity contribution in [2.24, 2.45) is 0 Å². The summed E-state index contributed by atoms with van der Waals surface area (Å²) in [6.07, 6.45) is 0. The first-order chi connectivity index (χ1) is 11.2. The number of halogens is 3. The van der Waals surface area contributed by atoms with Gasteiger partial charge in [0.05, 0.1) is 7.92 Å². The molecule has 0 aliphatic rings. The third kappa shape index (κ3) is 6.46. The van der Waals surface area contributed by atoms with E-state index in [1.165, 1.54) is 15.9 Å². The molecule has 0 spiro atoms. The standard InChI is InChI=1S/C18H15P.3ClH.Ni/c1-4-10-16(11-5-1)19(17-12-6-2-7-13-17)18-14-8-3-9-15-18;;;;/h1-15H;3*1H;/q;;;;+2/p-2. The summed E-state index contributed by atoms with van der Waals surface area (Å²) in [6.45, 7) is 0. The summed E-state index contributed by atoms with van der Waals surface area (Å²) in [5, 5.41) is 4.31. The molecule has 0 bridgehead atoms. The van der Waals surface area contributed by atoms with Crippen LogP contribution in [-0.2, 0) is 10.7 Å². The van der Waals surface area contributed by atoms with Gasteiger partial charge >= 0.3 is 41.3 Å². The van der Waals surface area contributed by atoms with Crippen LogP contribution >= 0.6 is 38.5 Å². The second kappa shape index (κ2) is 10.3. The van der Waals surface area contributed by atoms with Crippen LogP contribution in [0.5, 0.6) is 0 Å². The van der Waals surface area contributed by atoms with Crippen LogP contribution in [0.1, 0.15) is 0 Å². The summed E-state index contributed by atoms with van der Waals surface area (Å²) < 4.78 is 0. The Labute approximate surface area is 155 Å². The van der Waals surface area contributed by atoms with E-state index in [0.717, 1.165) is 0 Å². The fraction of sp³-hybridized carbons (Fsp3) is 0. The van der Waals surface area contributed by atoms with Crippen molar-refractivity contribution in [2.45, 2.75) is 0 Å². The predicted molar refractivity (Wildman–Crippen MR) is 104 cm³/mol. The van der Waals surface area contributed by atoms with Crippen molar-refractivity contribution in [3.8, 4) is 0 Å². The normalized spacial score (nSPS) is 10.7. The SMILES string of the molecule is [Cl][Ni-]([Cl])[Cl].c1ccc([PH+](c2ccccc2)c2ccccc2)cc1. The van der Waals surface area contributed by atoms with Crippen molar-refractivity contribution in [3.63, 3.8) is 0 Å². The van der Waals surface area contributed by atoms with Gasteiger partial charge in [-0.1, -0.05) is 54.6 Å². The minimum absolute atomic E-state index is 0.877. The Hall–Kier alpha value is -0.546. The molecule has 0 radical (unpaired) electrons. The molecule has 5 heteroatoms. The average Bonchev–Trinajstić information content (AvgIpc) is 2.58. The maximum Gasteiger partial charge on any atom is 0.102 e. The van der Waals surface area contributed by atoms with E-state index in [9.17, 15) is 0 Å². The maximum absolute atomic E-state index is 4.85. The number of benzene rings is 3. The van der Waals surface area contributed by atoms with Crippen LogP contribution in [0.25, 0.3) is 0 Å². The van der Waals surface area contributed by atoms with Gasteiger partial charge in [-0.3, -0.25) is 0 Å². The van der Waals surface area contributed by atoms with E-state index in [0.29, 0.717) is 0 Å². The number of hydrogen-bond donors (Lipinski definition) is 0. The monoisotopic (exact) mass is 426 g/mol. The average molecular weight is 428 g/mol. The Kier molecular flexibility index (Phi) is 8.45. The molecule has 0 fully saturated rings. The number of hydrogen-bond acceptors (Lipinski definition) is 0. The first-order valence-corrected chi connectivity index (χ1v) is 12.4. The minimum Gasteiger partial charge on any atom is -0.0620 e. The molecule has 0 unspecified atom stereocenters. The Balaban J connectivity index is 0.000000433. The van der Waals surface area contributed by atoms with E-state index in [4.69, 9.17) is 30.6 Å². The van der Waals surface area contributed by atoms with Gasteiger partial charge in [0.2, 0.25) is 0 Å². The molecule has 0 saturated carbocycles. The Morgan fingerprint density at radius 2 is 0.696 bits per heavy atom. The maximum atomic E-state index is 4.85. The quantitative estimate of drug-likeness (QED) is 0.395. The van der Waals surface area contributed by atoms with Gasteiger partial charge in [0.25, 0.3) is 0 Å². The zero-order valence-corrected chi connectivity index (χ0v) is 16.4. The topological polar surface area (TPSA) is 0 Å². The van der Waals surface area contributed by atoms with Crippen molar-refractivity contribution in [3.05, 3.63) is 91.0 Å². The van der Waals surface area contributed by atoms with E-state index in [-0.39, 0.29) is 0 Å². The zero-order valence-electron chi connectivity index (χ0n) is 12.1. The summed E-state index contributed by atoms with van der Waals surface area (Å²) in [7, 11) is 12.6. The molecular weight excluding hydrogens is 412 g/mol.